The minimum Gasteiger partial charge on any atom is -0.328 e. The average Bonchev–Trinajstić information content (AvgIpc) is 3.23. The molecule has 0 fully saturated rings. The molecule has 1 unspecified atom stereocenters. The van der Waals surface area contributed by atoms with Crippen LogP contribution in [0.15, 0.2) is 90.1 Å². The van der Waals surface area contributed by atoms with Crippen molar-refractivity contribution in [2.75, 3.05) is 10.6 Å². The van der Waals surface area contributed by atoms with Crippen LogP contribution in [0.2, 0.25) is 0 Å². The maximum atomic E-state index is 15.0. The Bertz CT molecular complexity index is 1360. The lowest BCUT2D eigenvalue weighted by atomic mass is 9.94. The summed E-state index contributed by atoms with van der Waals surface area (Å²) in [4.78, 5) is 18.0. The van der Waals surface area contributed by atoms with E-state index in [0.29, 0.717) is 34.3 Å². The summed E-state index contributed by atoms with van der Waals surface area (Å²) in [6.45, 7) is 3.80. The molecule has 1 amide bonds. The largest absolute Gasteiger partial charge is 0.328 e. The van der Waals surface area contributed by atoms with Crippen molar-refractivity contribution in [1.29, 1.82) is 0 Å². The van der Waals surface area contributed by atoms with E-state index in [9.17, 15) is 9.18 Å². The number of hydrogen-bond donors (Lipinski definition) is 2. The Morgan fingerprint density at radius 1 is 0.970 bits per heavy atom. The fourth-order valence-corrected chi connectivity index (χ4v) is 3.97. The zero-order valence-electron chi connectivity index (χ0n) is 18.2. The molecule has 6 nitrogen and oxygen atoms in total. The topological polar surface area (TPSA) is 71.8 Å². The Labute approximate surface area is 190 Å². The minimum atomic E-state index is -0.780. The average molecular weight is 439 g/mol. The lowest BCUT2D eigenvalue weighted by Gasteiger charge is -2.28. The molecule has 4 aromatic rings. The highest BCUT2D eigenvalue weighted by molar-refractivity contribution is 6.06. The summed E-state index contributed by atoms with van der Waals surface area (Å²) in [7, 11) is 0. The number of nitrogens with one attached hydrogen (secondary N) is 2. The van der Waals surface area contributed by atoms with Crippen LogP contribution in [0.4, 0.5) is 16.0 Å². The Balaban J connectivity index is 1.62. The maximum absolute atomic E-state index is 15.0. The molecule has 0 radical (unpaired) electrons. The number of halogens is 1. The monoisotopic (exact) mass is 439 g/mol. The molecule has 1 atom stereocenters. The summed E-state index contributed by atoms with van der Waals surface area (Å²) in [6.07, 6.45) is 0. The van der Waals surface area contributed by atoms with Gasteiger partial charge in [0.2, 0.25) is 5.95 Å². The number of anilines is 2. The van der Waals surface area contributed by atoms with Crippen LogP contribution in [0.3, 0.4) is 0 Å². The number of carbonyl (C=O) groups is 1. The van der Waals surface area contributed by atoms with Crippen molar-refractivity contribution in [3.8, 4) is 11.4 Å². The Hall–Kier alpha value is -4.26. The van der Waals surface area contributed by atoms with Crippen molar-refractivity contribution in [1.82, 2.24) is 14.8 Å². The van der Waals surface area contributed by atoms with E-state index in [1.165, 1.54) is 6.07 Å². The van der Waals surface area contributed by atoms with Gasteiger partial charge in [0.1, 0.15) is 11.9 Å². The van der Waals surface area contributed by atoms with Gasteiger partial charge in [-0.3, -0.25) is 4.79 Å². The van der Waals surface area contributed by atoms with Crippen LogP contribution in [0, 0.1) is 12.7 Å². The van der Waals surface area contributed by atoms with Crippen LogP contribution in [0.1, 0.15) is 24.1 Å². The minimum absolute atomic E-state index is 0.336. The van der Waals surface area contributed by atoms with Gasteiger partial charge in [0.05, 0.1) is 5.57 Å². The molecule has 164 valence electrons. The Morgan fingerprint density at radius 3 is 2.39 bits per heavy atom. The molecule has 0 saturated heterocycles. The second-order valence-electron chi connectivity index (χ2n) is 7.98. The molecule has 2 heterocycles. The highest BCUT2D eigenvalue weighted by Gasteiger charge is 2.35. The number of aryl methyl sites for hydroxylation is 1. The van der Waals surface area contributed by atoms with Gasteiger partial charge in [0.15, 0.2) is 5.82 Å². The molecule has 2 N–H and O–H groups in total. The third kappa shape index (κ3) is 3.89. The number of aromatic nitrogens is 3. The van der Waals surface area contributed by atoms with Crippen molar-refractivity contribution >= 4 is 17.5 Å². The van der Waals surface area contributed by atoms with Crippen LogP contribution in [-0.4, -0.2) is 20.7 Å². The molecule has 3 aromatic carbocycles. The predicted molar refractivity (Wildman–Crippen MR) is 126 cm³/mol. The van der Waals surface area contributed by atoms with Gasteiger partial charge in [-0.25, -0.2) is 9.07 Å². The number of carbonyl (C=O) groups excluding carboxylic acids is 1. The summed E-state index contributed by atoms with van der Waals surface area (Å²) in [5, 5.41) is 10.8. The third-order valence-electron chi connectivity index (χ3n) is 5.64. The smallest absolute Gasteiger partial charge is 0.255 e. The van der Waals surface area contributed by atoms with Crippen LogP contribution in [0.25, 0.3) is 11.4 Å². The molecule has 7 heteroatoms. The molecule has 0 spiro atoms. The first-order valence-electron chi connectivity index (χ1n) is 10.6. The summed E-state index contributed by atoms with van der Waals surface area (Å²) in [6, 6.07) is 22.7. The highest BCUT2D eigenvalue weighted by Crippen LogP contribution is 2.37. The summed E-state index contributed by atoms with van der Waals surface area (Å²) in [5.41, 5.74) is 3.92. The molecular weight excluding hydrogens is 417 g/mol. The molecule has 1 aliphatic heterocycles. The van der Waals surface area contributed by atoms with E-state index in [1.807, 2.05) is 49.4 Å². The number of rotatable bonds is 4. The first-order chi connectivity index (χ1) is 16.0. The fourth-order valence-electron chi connectivity index (χ4n) is 3.97. The van der Waals surface area contributed by atoms with Gasteiger partial charge in [-0.2, -0.15) is 4.98 Å². The number of nitrogens with zero attached hydrogens (tertiary/aromatic N) is 3. The van der Waals surface area contributed by atoms with Crippen LogP contribution >= 0.6 is 0 Å². The van der Waals surface area contributed by atoms with Gasteiger partial charge in [0.25, 0.3) is 5.91 Å². The van der Waals surface area contributed by atoms with E-state index in [-0.39, 0.29) is 5.91 Å². The molecule has 0 bridgehead atoms. The van der Waals surface area contributed by atoms with E-state index >= 15 is 0 Å². The first kappa shape index (κ1) is 20.6. The van der Waals surface area contributed by atoms with E-state index in [2.05, 4.69) is 20.7 Å². The van der Waals surface area contributed by atoms with Crippen molar-refractivity contribution in [2.24, 2.45) is 0 Å². The molecule has 0 aliphatic carbocycles. The Morgan fingerprint density at radius 2 is 1.67 bits per heavy atom. The number of para-hydroxylation sites is 1. The van der Waals surface area contributed by atoms with E-state index in [4.69, 9.17) is 0 Å². The molecule has 1 aromatic heterocycles. The molecule has 33 heavy (non-hydrogen) atoms. The quantitative estimate of drug-likeness (QED) is 0.451. The lowest BCUT2D eigenvalue weighted by molar-refractivity contribution is -0.113. The standard InChI is InChI=1S/C26H22FN5O/c1-16-12-14-18(15-13-16)24-30-26-28-17(2)22(25(33)29-19-8-4-3-5-9-19)23(32(26)31-24)20-10-6-7-11-21(20)27/h3-15,23H,1-2H3,(H,29,33)(H,28,30,31). The van der Waals surface area contributed by atoms with E-state index in [1.54, 1.807) is 41.9 Å². The third-order valence-corrected chi connectivity index (χ3v) is 5.64. The van der Waals surface area contributed by atoms with Crippen molar-refractivity contribution in [2.45, 2.75) is 19.9 Å². The second kappa shape index (κ2) is 8.35. The fraction of sp³-hybridized carbons (Fsp3) is 0.115. The number of allylic oxidation sites excluding steroid dienone is 1. The highest BCUT2D eigenvalue weighted by atomic mass is 19.1. The van der Waals surface area contributed by atoms with Crippen molar-refractivity contribution in [3.05, 3.63) is 107 Å². The lowest BCUT2D eigenvalue weighted by Crippen LogP contribution is -2.32. The molecule has 0 saturated carbocycles. The SMILES string of the molecule is CC1=C(C(=O)Nc2ccccc2)C(c2ccccc2F)n2nc(-c3ccc(C)cc3)nc2N1. The predicted octanol–water partition coefficient (Wildman–Crippen LogP) is 5.32. The second-order valence-corrected chi connectivity index (χ2v) is 7.98. The van der Waals surface area contributed by atoms with E-state index in [0.717, 1.165) is 11.1 Å². The van der Waals surface area contributed by atoms with E-state index < -0.39 is 11.9 Å². The van der Waals surface area contributed by atoms with Crippen LogP contribution < -0.4 is 10.6 Å². The Kier molecular flexibility index (Phi) is 5.22. The van der Waals surface area contributed by atoms with Crippen molar-refractivity contribution in [3.63, 3.8) is 0 Å². The number of hydrogen-bond acceptors (Lipinski definition) is 4. The summed E-state index contributed by atoms with van der Waals surface area (Å²) < 4.78 is 16.6. The zero-order valence-corrected chi connectivity index (χ0v) is 18.2. The number of benzene rings is 3. The molecule has 5 rings (SSSR count). The first-order valence-corrected chi connectivity index (χ1v) is 10.6. The van der Waals surface area contributed by atoms with Gasteiger partial charge in [-0.15, -0.1) is 5.10 Å². The van der Waals surface area contributed by atoms with Crippen LogP contribution in [0.5, 0.6) is 0 Å². The number of amides is 1. The maximum Gasteiger partial charge on any atom is 0.255 e. The van der Waals surface area contributed by atoms with Crippen molar-refractivity contribution < 1.29 is 9.18 Å². The summed E-state index contributed by atoms with van der Waals surface area (Å²) in [5.74, 6) is 0.196. The zero-order chi connectivity index (χ0) is 22.9. The normalized spacial score (nSPS) is 15.1. The molecular formula is C26H22FN5O. The molecule has 1 aliphatic rings. The van der Waals surface area contributed by atoms with Gasteiger partial charge in [0, 0.05) is 22.5 Å². The number of fused-ring (bicyclic) bond motifs is 1. The van der Waals surface area contributed by atoms with Gasteiger partial charge in [-0.1, -0.05) is 66.2 Å². The summed E-state index contributed by atoms with van der Waals surface area (Å²) >= 11 is 0. The van der Waals surface area contributed by atoms with Gasteiger partial charge in [-0.05, 0) is 32.0 Å². The van der Waals surface area contributed by atoms with Crippen LogP contribution in [-0.2, 0) is 4.79 Å². The van der Waals surface area contributed by atoms with Gasteiger partial charge < -0.3 is 10.6 Å². The van der Waals surface area contributed by atoms with Gasteiger partial charge >= 0.3 is 0 Å².